The van der Waals surface area contributed by atoms with Gasteiger partial charge >= 0.3 is 0 Å². The van der Waals surface area contributed by atoms with Gasteiger partial charge in [-0.3, -0.25) is 4.79 Å². The summed E-state index contributed by atoms with van der Waals surface area (Å²) in [5.74, 6) is -1.22. The van der Waals surface area contributed by atoms with Gasteiger partial charge in [-0.1, -0.05) is 36.4 Å². The van der Waals surface area contributed by atoms with Crippen molar-refractivity contribution in [2.45, 2.75) is 18.4 Å². The summed E-state index contributed by atoms with van der Waals surface area (Å²) in [6.45, 7) is 0. The van der Waals surface area contributed by atoms with Crippen LogP contribution in [0, 0.1) is 11.6 Å². The Labute approximate surface area is 165 Å². The molecule has 1 saturated carbocycles. The number of imidazole rings is 1. The second kappa shape index (κ2) is 6.51. The second-order valence-electron chi connectivity index (χ2n) is 7.33. The van der Waals surface area contributed by atoms with Crippen molar-refractivity contribution in [2.24, 2.45) is 0 Å². The van der Waals surface area contributed by atoms with Gasteiger partial charge in [-0.05, 0) is 42.7 Å². The molecule has 4 aromatic rings. The number of rotatable bonds is 4. The first-order chi connectivity index (χ1) is 14.1. The van der Waals surface area contributed by atoms with Gasteiger partial charge < -0.3 is 5.32 Å². The van der Waals surface area contributed by atoms with Gasteiger partial charge in [0.25, 0.3) is 11.7 Å². The highest BCUT2D eigenvalue weighted by Crippen LogP contribution is 2.45. The number of nitrogens with one attached hydrogen (secondary N) is 2. The number of amides is 1. The molecule has 29 heavy (non-hydrogen) atoms. The van der Waals surface area contributed by atoms with E-state index in [0.717, 1.165) is 24.5 Å². The van der Waals surface area contributed by atoms with Crippen molar-refractivity contribution in [1.29, 1.82) is 0 Å². The zero-order valence-corrected chi connectivity index (χ0v) is 15.5. The topological polar surface area (TPSA) is 49.0 Å². The lowest BCUT2D eigenvalue weighted by atomic mass is 10.0. The molecule has 0 spiro atoms. The van der Waals surface area contributed by atoms with Crippen LogP contribution in [0.2, 0.25) is 0 Å². The number of hydrogen-bond acceptors (Lipinski definition) is 1. The van der Waals surface area contributed by atoms with Crippen LogP contribution in [0.5, 0.6) is 0 Å². The smallest absolute Gasteiger partial charge is 0.296 e. The van der Waals surface area contributed by atoms with Crippen LogP contribution in [-0.4, -0.2) is 10.9 Å². The van der Waals surface area contributed by atoms with Gasteiger partial charge in [0.1, 0.15) is 17.2 Å². The minimum absolute atomic E-state index is 0.191. The van der Waals surface area contributed by atoms with Crippen molar-refractivity contribution in [3.63, 3.8) is 0 Å². The molecule has 1 aliphatic rings. The van der Waals surface area contributed by atoms with Crippen LogP contribution in [0.25, 0.3) is 16.9 Å². The van der Waals surface area contributed by atoms with Gasteiger partial charge in [0, 0.05) is 6.07 Å². The molecule has 0 saturated heterocycles. The maximum absolute atomic E-state index is 14.4. The largest absolute Gasteiger partial charge is 0.339 e. The number of fused-ring (bicyclic) bond motifs is 1. The van der Waals surface area contributed by atoms with Crippen molar-refractivity contribution < 1.29 is 18.0 Å². The van der Waals surface area contributed by atoms with E-state index >= 15 is 0 Å². The molecule has 144 valence electrons. The molecule has 0 unspecified atom stereocenters. The van der Waals surface area contributed by atoms with Crippen molar-refractivity contribution in [2.75, 3.05) is 0 Å². The maximum Gasteiger partial charge on any atom is 0.296 e. The quantitative estimate of drug-likeness (QED) is 0.506. The lowest BCUT2D eigenvalue weighted by Gasteiger charge is -2.16. The molecule has 1 fully saturated rings. The van der Waals surface area contributed by atoms with Crippen LogP contribution < -0.4 is 9.72 Å². The number of hydrogen-bond donors (Lipinski definition) is 2. The molecule has 6 heteroatoms. The van der Waals surface area contributed by atoms with Gasteiger partial charge in [0.15, 0.2) is 5.52 Å². The van der Waals surface area contributed by atoms with E-state index < -0.39 is 11.6 Å². The normalized spacial score (nSPS) is 14.7. The summed E-state index contributed by atoms with van der Waals surface area (Å²) in [6, 6.07) is 18.7. The molecule has 2 aromatic heterocycles. The van der Waals surface area contributed by atoms with Crippen LogP contribution in [0.1, 0.15) is 28.9 Å². The Morgan fingerprint density at radius 1 is 1.00 bits per heavy atom. The number of halogens is 2. The van der Waals surface area contributed by atoms with E-state index in [4.69, 9.17) is 0 Å². The van der Waals surface area contributed by atoms with Crippen LogP contribution >= 0.6 is 0 Å². The minimum atomic E-state index is -0.695. The highest BCUT2D eigenvalue weighted by molar-refractivity contribution is 5.99. The van der Waals surface area contributed by atoms with Crippen molar-refractivity contribution in [3.8, 4) is 11.4 Å². The number of benzene rings is 2. The van der Waals surface area contributed by atoms with Gasteiger partial charge in [-0.25, -0.2) is 13.8 Å². The van der Waals surface area contributed by atoms with E-state index in [1.807, 2.05) is 36.4 Å². The minimum Gasteiger partial charge on any atom is -0.339 e. The second-order valence-corrected chi connectivity index (χ2v) is 7.33. The van der Waals surface area contributed by atoms with E-state index in [0.29, 0.717) is 17.0 Å². The number of carbonyl (C=O) groups excluding carboxylic acids is 1. The fourth-order valence-corrected chi connectivity index (χ4v) is 3.78. The average molecular weight is 390 g/mol. The summed E-state index contributed by atoms with van der Waals surface area (Å²) in [5.41, 5.74) is 1.85. The third-order valence-electron chi connectivity index (χ3n) is 5.44. The summed E-state index contributed by atoms with van der Waals surface area (Å²) < 4.78 is 29.4. The van der Waals surface area contributed by atoms with Crippen LogP contribution in [-0.2, 0) is 5.54 Å². The van der Waals surface area contributed by atoms with Gasteiger partial charge in [0.05, 0.1) is 11.7 Å². The predicted octanol–water partition coefficient (Wildman–Crippen LogP) is 4.12. The maximum atomic E-state index is 14.4. The number of aromatic amines is 1. The molecular weight excluding hydrogens is 372 g/mol. The zero-order valence-electron chi connectivity index (χ0n) is 15.5. The van der Waals surface area contributed by atoms with Crippen LogP contribution in [0.15, 0.2) is 72.9 Å². The Balaban J connectivity index is 1.57. The van der Waals surface area contributed by atoms with Crippen molar-refractivity contribution >= 4 is 11.4 Å². The van der Waals surface area contributed by atoms with Gasteiger partial charge in [0.2, 0.25) is 5.69 Å². The molecule has 2 N–H and O–H groups in total. The number of aromatic nitrogens is 2. The van der Waals surface area contributed by atoms with E-state index in [2.05, 4.69) is 10.3 Å². The molecular formula is C23H18F2N3O+. The van der Waals surface area contributed by atoms with E-state index in [1.165, 1.54) is 12.1 Å². The first-order valence-corrected chi connectivity index (χ1v) is 9.43. The molecule has 0 aliphatic heterocycles. The third kappa shape index (κ3) is 2.97. The lowest BCUT2D eigenvalue weighted by molar-refractivity contribution is -0.498. The molecule has 1 amide bonds. The molecule has 4 nitrogen and oxygen atoms in total. The summed E-state index contributed by atoms with van der Waals surface area (Å²) in [7, 11) is 0. The monoisotopic (exact) mass is 390 g/mol. The Bertz CT molecular complexity index is 1230. The highest BCUT2D eigenvalue weighted by Gasteiger charge is 2.46. The fraction of sp³-hybridized carbons (Fsp3) is 0.130. The Morgan fingerprint density at radius 2 is 1.76 bits per heavy atom. The predicted molar refractivity (Wildman–Crippen MR) is 104 cm³/mol. The van der Waals surface area contributed by atoms with Crippen molar-refractivity contribution in [1.82, 2.24) is 10.3 Å². The average Bonchev–Trinajstić information content (AvgIpc) is 3.41. The zero-order chi connectivity index (χ0) is 20.0. The molecule has 0 atom stereocenters. The fourth-order valence-electron chi connectivity index (χ4n) is 3.78. The summed E-state index contributed by atoms with van der Waals surface area (Å²) in [6.07, 6.45) is 3.48. The Kier molecular flexibility index (Phi) is 3.94. The number of nitrogens with zero attached hydrogens (tertiary/aromatic N) is 1. The molecule has 2 heterocycles. The number of H-pyrrole nitrogens is 1. The number of pyridine rings is 1. The molecule has 0 radical (unpaired) electrons. The van der Waals surface area contributed by atoms with Gasteiger partial charge in [-0.2, -0.15) is 4.40 Å². The standard InChI is InChI=1S/C23H17F2N3O/c24-16-9-10-17(18(25)14-16)21-26-20(19-8-4-5-13-28(19)21)22(29)27-23(11-12-23)15-6-2-1-3-7-15/h1-10,13-14H,11-12H2,(H,27,29)/p+1. The summed E-state index contributed by atoms with van der Waals surface area (Å²) in [4.78, 5) is 16.2. The summed E-state index contributed by atoms with van der Waals surface area (Å²) in [5, 5.41) is 3.14. The highest BCUT2D eigenvalue weighted by atomic mass is 19.1. The first kappa shape index (κ1) is 17.6. The molecule has 0 bridgehead atoms. The van der Waals surface area contributed by atoms with Crippen LogP contribution in [0.3, 0.4) is 0 Å². The van der Waals surface area contributed by atoms with E-state index in [-0.39, 0.29) is 17.0 Å². The van der Waals surface area contributed by atoms with E-state index in [9.17, 15) is 13.6 Å². The molecule has 1 aliphatic carbocycles. The van der Waals surface area contributed by atoms with Gasteiger partial charge in [-0.15, -0.1) is 0 Å². The lowest BCUT2D eigenvalue weighted by Crippen LogP contribution is -2.35. The van der Waals surface area contributed by atoms with Crippen molar-refractivity contribution in [3.05, 3.63) is 95.8 Å². The Morgan fingerprint density at radius 3 is 2.48 bits per heavy atom. The third-order valence-corrected chi connectivity index (χ3v) is 5.44. The molecule has 2 aromatic carbocycles. The number of carbonyl (C=O) groups is 1. The Hall–Kier alpha value is -3.54. The summed E-state index contributed by atoms with van der Waals surface area (Å²) >= 11 is 0. The first-order valence-electron chi connectivity index (χ1n) is 9.43. The molecule has 5 rings (SSSR count). The SMILES string of the molecule is O=C(NC1(c2ccccc2)CC1)c1[nH]c(-c2ccc(F)cc2F)[n+]2ccccc12. The van der Waals surface area contributed by atoms with Crippen LogP contribution in [0.4, 0.5) is 8.78 Å². The van der Waals surface area contributed by atoms with E-state index in [1.54, 1.807) is 22.7 Å².